The molecule has 0 unspecified atom stereocenters. The Hall–Kier alpha value is -3.29. The summed E-state index contributed by atoms with van der Waals surface area (Å²) < 4.78 is 17.6. The second kappa shape index (κ2) is 13.9. The van der Waals surface area contributed by atoms with Gasteiger partial charge in [-0.2, -0.15) is 0 Å². The normalized spacial score (nSPS) is 11.2. The van der Waals surface area contributed by atoms with Gasteiger partial charge in [0.25, 0.3) is 5.91 Å². The average molecular weight is 587 g/mol. The van der Waals surface area contributed by atoms with E-state index in [4.69, 9.17) is 11.6 Å². The van der Waals surface area contributed by atoms with E-state index in [1.165, 1.54) is 22.9 Å². The molecule has 1 amide bonds. The number of rotatable bonds is 11. The van der Waals surface area contributed by atoms with Crippen molar-refractivity contribution in [2.24, 2.45) is 0 Å². The summed E-state index contributed by atoms with van der Waals surface area (Å²) in [6, 6.07) is 36.8. The molecule has 5 aromatic rings. The highest BCUT2D eigenvalue weighted by atomic mass is 35.5. The number of hydrogen-bond donors (Lipinski definition) is 1. The minimum absolute atomic E-state index is 0.130. The van der Waals surface area contributed by atoms with Crippen molar-refractivity contribution in [3.05, 3.63) is 143 Å². The zero-order chi connectivity index (χ0) is 27.7. The number of thioether (sulfide) groups is 1. The zero-order valence-corrected chi connectivity index (χ0v) is 24.1. The number of fused-ring (bicyclic) bond motifs is 1. The maximum absolute atomic E-state index is 14.6. The van der Waals surface area contributed by atoms with Gasteiger partial charge in [0.2, 0.25) is 0 Å². The Morgan fingerprint density at radius 1 is 0.775 bits per heavy atom. The van der Waals surface area contributed by atoms with Crippen LogP contribution in [-0.4, -0.2) is 23.1 Å². The third-order valence-electron chi connectivity index (χ3n) is 6.49. The van der Waals surface area contributed by atoms with Gasteiger partial charge in [0, 0.05) is 51.3 Å². The van der Waals surface area contributed by atoms with E-state index in [0.29, 0.717) is 29.2 Å². The third kappa shape index (κ3) is 7.46. The van der Waals surface area contributed by atoms with Crippen molar-refractivity contribution in [3.8, 4) is 0 Å². The van der Waals surface area contributed by atoms with Gasteiger partial charge in [-0.25, -0.2) is 4.39 Å². The van der Waals surface area contributed by atoms with Gasteiger partial charge in [-0.1, -0.05) is 84.4 Å². The third-order valence-corrected chi connectivity index (χ3v) is 8.63. The molecule has 40 heavy (non-hydrogen) atoms. The minimum atomic E-state index is -0.290. The lowest BCUT2D eigenvalue weighted by Gasteiger charge is -2.23. The van der Waals surface area contributed by atoms with Gasteiger partial charge < -0.3 is 0 Å². The Morgan fingerprint density at radius 3 is 2.30 bits per heavy atom. The lowest BCUT2D eigenvalue weighted by Crippen LogP contribution is -2.26. The molecule has 0 bridgehead atoms. The van der Waals surface area contributed by atoms with E-state index < -0.39 is 0 Å². The van der Waals surface area contributed by atoms with E-state index in [2.05, 4.69) is 21.8 Å². The minimum Gasteiger partial charge on any atom is -0.294 e. The van der Waals surface area contributed by atoms with E-state index in [9.17, 15) is 9.18 Å². The molecule has 3 nitrogen and oxygen atoms in total. The fraction of sp³-hybridized carbons (Fsp3) is 0.121. The maximum Gasteiger partial charge on any atom is 0.261 e. The highest BCUT2D eigenvalue weighted by Crippen LogP contribution is 2.25. The van der Waals surface area contributed by atoms with Crippen molar-refractivity contribution in [1.29, 1.82) is 0 Å². The molecule has 0 aliphatic heterocycles. The number of benzene rings is 5. The molecule has 0 saturated carbocycles. The van der Waals surface area contributed by atoms with Crippen molar-refractivity contribution in [2.75, 3.05) is 12.3 Å². The van der Waals surface area contributed by atoms with Crippen LogP contribution in [0.15, 0.2) is 125 Å². The molecule has 5 aromatic carbocycles. The first kappa shape index (κ1) is 28.2. The molecule has 1 N–H and O–H groups in total. The summed E-state index contributed by atoms with van der Waals surface area (Å²) in [6.07, 6.45) is 0. The van der Waals surface area contributed by atoms with Gasteiger partial charge in [0.15, 0.2) is 0 Å². The number of carbonyl (C=O) groups is 1. The predicted octanol–water partition coefficient (Wildman–Crippen LogP) is 8.86. The Bertz CT molecular complexity index is 1560. The van der Waals surface area contributed by atoms with Crippen LogP contribution in [0.2, 0.25) is 5.02 Å². The Balaban J connectivity index is 1.23. The molecule has 7 heteroatoms. The van der Waals surface area contributed by atoms with E-state index in [1.807, 2.05) is 84.9 Å². The Labute approximate surface area is 247 Å². The second-order valence-corrected chi connectivity index (χ2v) is 11.7. The summed E-state index contributed by atoms with van der Waals surface area (Å²) in [5, 5.41) is 2.40. The van der Waals surface area contributed by atoms with Crippen LogP contribution in [0.25, 0.3) is 10.8 Å². The van der Waals surface area contributed by atoms with Gasteiger partial charge in [-0.05, 0) is 70.7 Å². The maximum atomic E-state index is 14.6. The van der Waals surface area contributed by atoms with E-state index >= 15 is 0 Å². The van der Waals surface area contributed by atoms with Crippen LogP contribution in [0, 0.1) is 5.82 Å². The first-order valence-corrected chi connectivity index (χ1v) is 15.1. The first-order chi connectivity index (χ1) is 19.6. The Kier molecular flexibility index (Phi) is 9.79. The van der Waals surface area contributed by atoms with Crippen molar-refractivity contribution >= 4 is 52.0 Å². The molecule has 0 fully saturated rings. The van der Waals surface area contributed by atoms with Gasteiger partial charge in [0.1, 0.15) is 5.82 Å². The molecule has 0 aliphatic rings. The highest BCUT2D eigenvalue weighted by molar-refractivity contribution is 7.99. The molecule has 0 radical (unpaired) electrons. The molecule has 5 rings (SSSR count). The summed E-state index contributed by atoms with van der Waals surface area (Å²) in [5.41, 5.74) is 2.26. The molecule has 0 heterocycles. The zero-order valence-electron chi connectivity index (χ0n) is 21.7. The topological polar surface area (TPSA) is 32.3 Å². The van der Waals surface area contributed by atoms with Crippen molar-refractivity contribution in [3.63, 3.8) is 0 Å². The summed E-state index contributed by atoms with van der Waals surface area (Å²) in [5.74, 6) is 0.446. The lowest BCUT2D eigenvalue weighted by atomic mass is 10.0. The second-order valence-electron chi connectivity index (χ2n) is 9.28. The number of nitrogens with zero attached hydrogens (tertiary/aromatic N) is 1. The molecule has 0 aromatic heterocycles. The van der Waals surface area contributed by atoms with Crippen LogP contribution in [-0.2, 0) is 13.1 Å². The molecule has 0 atom stereocenters. The van der Waals surface area contributed by atoms with Gasteiger partial charge in [-0.3, -0.25) is 14.4 Å². The number of amides is 1. The van der Waals surface area contributed by atoms with Crippen LogP contribution in [0.3, 0.4) is 0 Å². The molecular formula is C33H28ClFN2OS2. The van der Waals surface area contributed by atoms with Gasteiger partial charge in [0.05, 0.1) is 0 Å². The van der Waals surface area contributed by atoms with Crippen LogP contribution < -0.4 is 4.72 Å². The lowest BCUT2D eigenvalue weighted by molar-refractivity contribution is 0.0986. The summed E-state index contributed by atoms with van der Waals surface area (Å²) in [4.78, 5) is 17.2. The number of hydrogen-bond acceptors (Lipinski definition) is 4. The van der Waals surface area contributed by atoms with Crippen LogP contribution >= 0.6 is 35.3 Å². The monoisotopic (exact) mass is 586 g/mol. The van der Waals surface area contributed by atoms with Gasteiger partial charge in [-0.15, -0.1) is 11.8 Å². The summed E-state index contributed by atoms with van der Waals surface area (Å²) in [6.45, 7) is 1.83. The standard InChI is InChI=1S/C33H28ClFN2OS2/c34-31-14-7-15-32(35)30(31)23-37(20-21-39-26-10-2-1-3-11-26)22-24-16-18-27(19-17-24)40-36-33(38)29-13-6-9-25-8-4-5-12-28(25)29/h1-19H,20-23H2,(H,36,38). The SMILES string of the molecule is O=C(NSc1ccc(CN(CCSc2ccccc2)Cc2c(F)cccc2Cl)cc1)c1cccc2ccccc12. The summed E-state index contributed by atoms with van der Waals surface area (Å²) in [7, 11) is 0. The average Bonchev–Trinajstić information content (AvgIpc) is 2.98. The van der Waals surface area contributed by atoms with Crippen molar-refractivity contribution < 1.29 is 9.18 Å². The van der Waals surface area contributed by atoms with Crippen molar-refractivity contribution in [1.82, 2.24) is 9.62 Å². The molecule has 0 saturated heterocycles. The highest BCUT2D eigenvalue weighted by Gasteiger charge is 2.14. The summed E-state index contributed by atoms with van der Waals surface area (Å²) >= 11 is 9.43. The quantitative estimate of drug-likeness (QED) is 0.124. The smallest absolute Gasteiger partial charge is 0.261 e. The fourth-order valence-electron chi connectivity index (χ4n) is 4.44. The van der Waals surface area contributed by atoms with Gasteiger partial charge >= 0.3 is 0 Å². The number of halogens is 2. The molecule has 0 spiro atoms. The van der Waals surface area contributed by atoms with E-state index in [1.54, 1.807) is 23.9 Å². The van der Waals surface area contributed by atoms with E-state index in [0.717, 1.165) is 33.5 Å². The number of nitrogens with one attached hydrogen (secondary N) is 1. The molecular weight excluding hydrogens is 559 g/mol. The van der Waals surface area contributed by atoms with Crippen LogP contribution in [0.4, 0.5) is 4.39 Å². The largest absolute Gasteiger partial charge is 0.294 e. The fourth-order valence-corrected chi connectivity index (χ4v) is 6.19. The van der Waals surface area contributed by atoms with Crippen molar-refractivity contribution in [2.45, 2.75) is 22.9 Å². The number of carbonyl (C=O) groups excluding carboxylic acids is 1. The molecule has 0 aliphatic carbocycles. The first-order valence-electron chi connectivity index (χ1n) is 12.9. The predicted molar refractivity (Wildman–Crippen MR) is 166 cm³/mol. The molecule has 202 valence electrons. The van der Waals surface area contributed by atoms with Crippen LogP contribution in [0.1, 0.15) is 21.5 Å². The van der Waals surface area contributed by atoms with E-state index in [-0.39, 0.29) is 11.7 Å². The Morgan fingerprint density at radius 2 is 1.50 bits per heavy atom. The van der Waals surface area contributed by atoms with Crippen LogP contribution in [0.5, 0.6) is 0 Å².